The monoisotopic (exact) mass is 450 g/mol. The number of hydrogen-bond acceptors (Lipinski definition) is 4. The molecule has 162 valence electrons. The third-order valence-corrected chi connectivity index (χ3v) is 8.18. The quantitative estimate of drug-likeness (QED) is 0.743. The number of benzene rings is 1. The molecule has 4 rings (SSSR count). The molecule has 1 aromatic heterocycles. The molecule has 0 bridgehead atoms. The van der Waals surface area contributed by atoms with E-state index in [9.17, 15) is 13.2 Å². The van der Waals surface area contributed by atoms with Crippen molar-refractivity contribution in [1.82, 2.24) is 14.1 Å². The van der Waals surface area contributed by atoms with E-state index in [1.54, 1.807) is 18.3 Å². The highest BCUT2D eigenvalue weighted by Crippen LogP contribution is 2.31. The van der Waals surface area contributed by atoms with Crippen molar-refractivity contribution in [2.75, 3.05) is 18.4 Å². The maximum atomic E-state index is 13.0. The van der Waals surface area contributed by atoms with Crippen LogP contribution in [0.4, 0.5) is 5.82 Å². The van der Waals surface area contributed by atoms with Gasteiger partial charge in [-0.15, -0.1) is 0 Å². The Bertz CT molecular complexity index is 984. The van der Waals surface area contributed by atoms with Gasteiger partial charge in [0, 0.05) is 24.2 Å². The van der Waals surface area contributed by atoms with Crippen LogP contribution in [-0.4, -0.2) is 41.5 Å². The van der Waals surface area contributed by atoms with E-state index < -0.39 is 15.9 Å². The molecular formula is C21H27ClN4O3S. The largest absolute Gasteiger partial charge is 0.311 e. The van der Waals surface area contributed by atoms with Crippen molar-refractivity contribution < 1.29 is 13.2 Å². The average molecular weight is 451 g/mol. The molecule has 2 aliphatic rings. The number of hydrogen-bond donors (Lipinski definition) is 1. The number of rotatable bonds is 5. The Morgan fingerprint density at radius 1 is 1.03 bits per heavy atom. The maximum Gasteiger partial charge on any atom is 0.243 e. The Morgan fingerprint density at radius 3 is 2.50 bits per heavy atom. The number of amides is 1. The number of carbonyl (C=O) groups excluding carboxylic acids is 1. The molecular weight excluding hydrogens is 424 g/mol. The molecule has 2 heterocycles. The highest BCUT2D eigenvalue weighted by Gasteiger charge is 2.33. The minimum Gasteiger partial charge on any atom is -0.311 e. The molecule has 1 unspecified atom stereocenters. The summed E-state index contributed by atoms with van der Waals surface area (Å²) in [6.45, 7) is 0.586. The Hall–Kier alpha value is -1.90. The van der Waals surface area contributed by atoms with E-state index in [2.05, 4.69) is 10.4 Å². The molecule has 1 saturated heterocycles. The summed E-state index contributed by atoms with van der Waals surface area (Å²) < 4.78 is 29.3. The zero-order valence-electron chi connectivity index (χ0n) is 16.8. The summed E-state index contributed by atoms with van der Waals surface area (Å²) in [7, 11) is -3.66. The average Bonchev–Trinajstić information content (AvgIpc) is 3.23. The van der Waals surface area contributed by atoms with Crippen molar-refractivity contribution in [3.8, 4) is 0 Å². The molecule has 9 heteroatoms. The molecule has 1 amide bonds. The normalized spacial score (nSPS) is 21.4. The lowest BCUT2D eigenvalue weighted by Crippen LogP contribution is -2.43. The summed E-state index contributed by atoms with van der Waals surface area (Å²) in [5.41, 5.74) is 0. The number of carbonyl (C=O) groups is 1. The summed E-state index contributed by atoms with van der Waals surface area (Å²) >= 11 is 5.88. The van der Waals surface area contributed by atoms with E-state index >= 15 is 0 Å². The van der Waals surface area contributed by atoms with Gasteiger partial charge in [0.15, 0.2) is 0 Å². The summed E-state index contributed by atoms with van der Waals surface area (Å²) in [6.07, 6.45) is 8.77. The first-order valence-electron chi connectivity index (χ1n) is 10.6. The van der Waals surface area contributed by atoms with Crippen LogP contribution in [0.5, 0.6) is 0 Å². The fourth-order valence-corrected chi connectivity index (χ4v) is 6.04. The van der Waals surface area contributed by atoms with Crippen LogP contribution in [0.1, 0.15) is 51.0 Å². The predicted molar refractivity (Wildman–Crippen MR) is 116 cm³/mol. The van der Waals surface area contributed by atoms with Crippen molar-refractivity contribution in [2.24, 2.45) is 5.92 Å². The first-order chi connectivity index (χ1) is 14.4. The van der Waals surface area contributed by atoms with Crippen LogP contribution in [0.2, 0.25) is 5.02 Å². The molecule has 1 aliphatic carbocycles. The zero-order valence-corrected chi connectivity index (χ0v) is 18.4. The summed E-state index contributed by atoms with van der Waals surface area (Å²) in [5.74, 6) is 0.156. The first kappa shape index (κ1) is 21.3. The second-order valence-electron chi connectivity index (χ2n) is 8.10. The van der Waals surface area contributed by atoms with Crippen molar-refractivity contribution in [1.29, 1.82) is 0 Å². The van der Waals surface area contributed by atoms with Gasteiger partial charge in [0.1, 0.15) is 5.82 Å². The number of aromatic nitrogens is 2. The van der Waals surface area contributed by atoms with Crippen LogP contribution in [0, 0.1) is 5.92 Å². The van der Waals surface area contributed by atoms with Crippen LogP contribution >= 0.6 is 11.6 Å². The smallest absolute Gasteiger partial charge is 0.243 e. The minimum atomic E-state index is -3.66. The standard InChI is InChI=1S/C21H27ClN4O3S/c22-17-8-10-19(11-9-17)30(28,29)25-14-4-5-16(15-25)21(27)24-20-12-13-23-26(20)18-6-2-1-3-7-18/h8-13,16,18H,1-7,14-15H2,(H,24,27). The molecule has 2 fully saturated rings. The Balaban J connectivity index is 1.44. The molecule has 1 saturated carbocycles. The molecule has 2 aromatic rings. The van der Waals surface area contributed by atoms with Gasteiger partial charge >= 0.3 is 0 Å². The third-order valence-electron chi connectivity index (χ3n) is 6.05. The number of halogens is 1. The summed E-state index contributed by atoms with van der Waals surface area (Å²) in [4.78, 5) is 13.2. The van der Waals surface area contributed by atoms with Crippen molar-refractivity contribution in [3.63, 3.8) is 0 Å². The number of nitrogens with zero attached hydrogens (tertiary/aromatic N) is 3. The van der Waals surface area contributed by atoms with Crippen LogP contribution < -0.4 is 5.32 Å². The van der Waals surface area contributed by atoms with Gasteiger partial charge in [-0.05, 0) is 49.9 Å². The molecule has 1 atom stereocenters. The van der Waals surface area contributed by atoms with Gasteiger partial charge in [-0.1, -0.05) is 30.9 Å². The number of nitrogens with one attached hydrogen (secondary N) is 1. The molecule has 1 N–H and O–H groups in total. The Morgan fingerprint density at radius 2 is 1.77 bits per heavy atom. The van der Waals surface area contributed by atoms with Crippen LogP contribution in [-0.2, 0) is 14.8 Å². The molecule has 1 aliphatic heterocycles. The minimum absolute atomic E-state index is 0.149. The zero-order chi connectivity index (χ0) is 21.1. The fraction of sp³-hybridized carbons (Fsp3) is 0.524. The molecule has 1 aromatic carbocycles. The SMILES string of the molecule is O=C(Nc1ccnn1C1CCCCC1)C1CCCN(S(=O)(=O)c2ccc(Cl)cc2)C1. The van der Waals surface area contributed by atoms with Gasteiger partial charge in [0.2, 0.25) is 15.9 Å². The third kappa shape index (κ3) is 4.55. The predicted octanol–water partition coefficient (Wildman–Crippen LogP) is 4.08. The number of anilines is 1. The van der Waals surface area contributed by atoms with Crippen molar-refractivity contribution in [2.45, 2.75) is 55.9 Å². The molecule has 0 radical (unpaired) electrons. The number of sulfonamides is 1. The molecule has 0 spiro atoms. The second-order valence-corrected chi connectivity index (χ2v) is 10.5. The highest BCUT2D eigenvalue weighted by atomic mass is 35.5. The number of piperidine rings is 1. The van der Waals surface area contributed by atoms with Crippen molar-refractivity contribution >= 4 is 33.3 Å². The van der Waals surface area contributed by atoms with E-state index in [1.807, 2.05) is 10.7 Å². The van der Waals surface area contributed by atoms with Crippen LogP contribution in [0.15, 0.2) is 41.4 Å². The fourth-order valence-electron chi connectivity index (χ4n) is 4.39. The highest BCUT2D eigenvalue weighted by molar-refractivity contribution is 7.89. The van der Waals surface area contributed by atoms with Crippen molar-refractivity contribution in [3.05, 3.63) is 41.6 Å². The van der Waals surface area contributed by atoms with E-state index in [0.717, 1.165) is 12.8 Å². The van der Waals surface area contributed by atoms with Gasteiger partial charge < -0.3 is 5.32 Å². The first-order valence-corrected chi connectivity index (χ1v) is 12.4. The lowest BCUT2D eigenvalue weighted by atomic mass is 9.95. The lowest BCUT2D eigenvalue weighted by molar-refractivity contribution is -0.120. The van der Waals surface area contributed by atoms with Crippen LogP contribution in [0.3, 0.4) is 0 Å². The van der Waals surface area contributed by atoms with Crippen LogP contribution in [0.25, 0.3) is 0 Å². The van der Waals surface area contributed by atoms with Gasteiger partial charge in [-0.25, -0.2) is 13.1 Å². The van der Waals surface area contributed by atoms with E-state index in [0.29, 0.717) is 36.3 Å². The molecule has 30 heavy (non-hydrogen) atoms. The van der Waals surface area contributed by atoms with Gasteiger partial charge in [-0.3, -0.25) is 4.79 Å². The maximum absolute atomic E-state index is 13.0. The van der Waals surface area contributed by atoms with E-state index in [4.69, 9.17) is 11.6 Å². The van der Waals surface area contributed by atoms with Gasteiger partial charge in [0.05, 0.1) is 23.1 Å². The van der Waals surface area contributed by atoms with E-state index in [1.165, 1.54) is 35.7 Å². The Labute approximate surface area is 182 Å². The second kappa shape index (κ2) is 9.08. The summed E-state index contributed by atoms with van der Waals surface area (Å²) in [5, 5.41) is 7.91. The summed E-state index contributed by atoms with van der Waals surface area (Å²) in [6, 6.07) is 8.27. The van der Waals surface area contributed by atoms with Gasteiger partial charge in [-0.2, -0.15) is 9.40 Å². The molecule has 7 nitrogen and oxygen atoms in total. The van der Waals surface area contributed by atoms with E-state index in [-0.39, 0.29) is 17.3 Å². The lowest BCUT2D eigenvalue weighted by Gasteiger charge is -2.31. The topological polar surface area (TPSA) is 84.3 Å². The Kier molecular flexibility index (Phi) is 6.46. The van der Waals surface area contributed by atoms with Gasteiger partial charge in [0.25, 0.3) is 0 Å².